The molecule has 1 heterocycles. The molecule has 5 nitrogen and oxygen atoms in total. The van der Waals surface area contributed by atoms with Gasteiger partial charge in [0.15, 0.2) is 0 Å². The molecule has 2 aliphatic rings. The van der Waals surface area contributed by atoms with E-state index >= 15 is 0 Å². The van der Waals surface area contributed by atoms with Crippen LogP contribution in [0.4, 0.5) is 0 Å². The van der Waals surface area contributed by atoms with Crippen molar-refractivity contribution in [3.05, 3.63) is 0 Å². The molecule has 1 spiro atoms. The van der Waals surface area contributed by atoms with Crippen molar-refractivity contribution in [2.24, 2.45) is 10.8 Å². The van der Waals surface area contributed by atoms with Crippen LogP contribution in [0.5, 0.6) is 0 Å². The molecule has 0 bridgehead atoms. The summed E-state index contributed by atoms with van der Waals surface area (Å²) in [7, 11) is -3.16. The fraction of sp³-hybridized carbons (Fsp3) is 0.923. The van der Waals surface area contributed by atoms with Gasteiger partial charge in [0.2, 0.25) is 15.9 Å². The van der Waals surface area contributed by atoms with Gasteiger partial charge in [-0.05, 0) is 37.5 Å². The molecule has 2 rings (SSSR count). The lowest BCUT2D eigenvalue weighted by molar-refractivity contribution is -0.134. The number of hydrogen-bond acceptors (Lipinski definition) is 3. The first-order valence-corrected chi connectivity index (χ1v) is 8.87. The van der Waals surface area contributed by atoms with E-state index in [1.54, 1.807) is 0 Å². The maximum atomic E-state index is 12.3. The molecule has 1 amide bonds. The van der Waals surface area contributed by atoms with Crippen molar-refractivity contribution in [1.82, 2.24) is 10.0 Å². The van der Waals surface area contributed by atoms with Crippen molar-refractivity contribution in [2.45, 2.75) is 52.0 Å². The molecule has 0 radical (unpaired) electrons. The molecule has 1 aliphatic carbocycles. The molecule has 2 N–H and O–H groups in total. The third-order valence-electron chi connectivity index (χ3n) is 5.23. The summed E-state index contributed by atoms with van der Waals surface area (Å²) in [6.45, 7) is 5.05. The highest BCUT2D eigenvalue weighted by molar-refractivity contribution is 7.88. The first kappa shape index (κ1) is 14.8. The zero-order chi connectivity index (χ0) is 14.3. The molecule has 110 valence electrons. The fourth-order valence-corrected chi connectivity index (χ4v) is 4.55. The van der Waals surface area contributed by atoms with E-state index in [9.17, 15) is 13.2 Å². The molecule has 0 aromatic rings. The molecule has 1 saturated heterocycles. The maximum Gasteiger partial charge on any atom is 0.226 e. The summed E-state index contributed by atoms with van der Waals surface area (Å²) in [5.41, 5.74) is -0.294. The number of sulfonamides is 1. The van der Waals surface area contributed by atoms with Crippen LogP contribution in [0.2, 0.25) is 0 Å². The number of rotatable bonds is 3. The van der Waals surface area contributed by atoms with Crippen LogP contribution in [-0.4, -0.2) is 33.2 Å². The Bertz CT molecular complexity index is 466. The summed E-state index contributed by atoms with van der Waals surface area (Å²) >= 11 is 0. The third kappa shape index (κ3) is 2.52. The summed E-state index contributed by atoms with van der Waals surface area (Å²) in [5.74, 6) is 0.162. The molecule has 1 saturated carbocycles. The van der Waals surface area contributed by atoms with Gasteiger partial charge >= 0.3 is 0 Å². The zero-order valence-corrected chi connectivity index (χ0v) is 12.8. The first-order valence-electron chi connectivity index (χ1n) is 6.98. The summed E-state index contributed by atoms with van der Waals surface area (Å²) < 4.78 is 25.2. The Hall–Kier alpha value is -0.620. The van der Waals surface area contributed by atoms with E-state index in [1.807, 2.05) is 0 Å². The van der Waals surface area contributed by atoms with E-state index in [1.165, 1.54) is 6.26 Å². The van der Waals surface area contributed by atoms with Gasteiger partial charge in [0.1, 0.15) is 0 Å². The van der Waals surface area contributed by atoms with Crippen LogP contribution in [0.15, 0.2) is 0 Å². The monoisotopic (exact) mass is 288 g/mol. The van der Waals surface area contributed by atoms with Gasteiger partial charge in [-0.1, -0.05) is 13.8 Å². The van der Waals surface area contributed by atoms with Crippen molar-refractivity contribution < 1.29 is 13.2 Å². The fourth-order valence-electron chi connectivity index (χ4n) is 3.71. The number of nitrogens with one attached hydrogen (secondary N) is 2. The second-order valence-corrected chi connectivity index (χ2v) is 8.12. The Labute approximate surface area is 115 Å². The van der Waals surface area contributed by atoms with E-state index in [0.29, 0.717) is 0 Å². The highest BCUT2D eigenvalue weighted by Crippen LogP contribution is 2.54. The van der Waals surface area contributed by atoms with E-state index in [-0.39, 0.29) is 22.8 Å². The van der Waals surface area contributed by atoms with E-state index < -0.39 is 10.0 Å². The third-order valence-corrected chi connectivity index (χ3v) is 5.99. The predicted octanol–water partition coefficient (Wildman–Crippen LogP) is 1.01. The Kier molecular flexibility index (Phi) is 3.68. The molecule has 1 aliphatic heterocycles. The van der Waals surface area contributed by atoms with Crippen LogP contribution in [0.1, 0.15) is 46.0 Å². The lowest BCUT2D eigenvalue weighted by Crippen LogP contribution is -2.48. The van der Waals surface area contributed by atoms with E-state index in [0.717, 1.165) is 38.6 Å². The van der Waals surface area contributed by atoms with Gasteiger partial charge in [-0.2, -0.15) is 0 Å². The van der Waals surface area contributed by atoms with E-state index in [4.69, 9.17) is 0 Å². The molecule has 0 aromatic carbocycles. The minimum absolute atomic E-state index is 0.000142. The van der Waals surface area contributed by atoms with Crippen molar-refractivity contribution in [3.8, 4) is 0 Å². The highest BCUT2D eigenvalue weighted by Gasteiger charge is 2.57. The SMILES string of the molecule is CCC1(C)CNC(=O)C12CCC(NS(C)(=O)=O)CC2. The molecule has 0 aromatic heterocycles. The minimum Gasteiger partial charge on any atom is -0.355 e. The van der Waals surface area contributed by atoms with Crippen molar-refractivity contribution in [1.29, 1.82) is 0 Å². The van der Waals surface area contributed by atoms with Crippen LogP contribution in [0.25, 0.3) is 0 Å². The Morgan fingerprint density at radius 3 is 2.42 bits per heavy atom. The summed E-state index contributed by atoms with van der Waals surface area (Å²) in [6, 6.07) is -0.0184. The summed E-state index contributed by atoms with van der Waals surface area (Å²) in [6.07, 6.45) is 5.20. The Balaban J connectivity index is 2.11. The van der Waals surface area contributed by atoms with Gasteiger partial charge in [-0.3, -0.25) is 4.79 Å². The number of carbonyl (C=O) groups excluding carboxylic acids is 1. The normalized spacial score (nSPS) is 39.5. The molecular formula is C13H24N2O3S. The van der Waals surface area contributed by atoms with Gasteiger partial charge in [0.25, 0.3) is 0 Å². The van der Waals surface area contributed by atoms with Gasteiger partial charge in [0, 0.05) is 12.6 Å². The second-order valence-electron chi connectivity index (χ2n) is 6.34. The molecule has 1 unspecified atom stereocenters. The molecule has 1 atom stereocenters. The summed E-state index contributed by atoms with van der Waals surface area (Å²) in [5, 5.41) is 3.01. The van der Waals surface area contributed by atoms with Crippen molar-refractivity contribution >= 4 is 15.9 Å². The van der Waals surface area contributed by atoms with Gasteiger partial charge < -0.3 is 5.32 Å². The average Bonchev–Trinajstić information content (AvgIpc) is 2.57. The first-order chi connectivity index (χ1) is 8.72. The summed E-state index contributed by atoms with van der Waals surface area (Å²) in [4.78, 5) is 12.3. The zero-order valence-electron chi connectivity index (χ0n) is 12.0. The van der Waals surface area contributed by atoms with Crippen LogP contribution < -0.4 is 10.0 Å². The number of amides is 1. The highest BCUT2D eigenvalue weighted by atomic mass is 32.2. The minimum atomic E-state index is -3.16. The molecule has 6 heteroatoms. The topological polar surface area (TPSA) is 75.3 Å². The maximum absolute atomic E-state index is 12.3. The largest absolute Gasteiger partial charge is 0.355 e. The van der Waals surface area contributed by atoms with Gasteiger partial charge in [-0.15, -0.1) is 0 Å². The predicted molar refractivity (Wildman–Crippen MR) is 74.1 cm³/mol. The van der Waals surface area contributed by atoms with Gasteiger partial charge in [-0.25, -0.2) is 13.1 Å². The van der Waals surface area contributed by atoms with Crippen LogP contribution in [-0.2, 0) is 14.8 Å². The number of hydrogen-bond donors (Lipinski definition) is 2. The smallest absolute Gasteiger partial charge is 0.226 e. The lowest BCUT2D eigenvalue weighted by atomic mass is 9.58. The van der Waals surface area contributed by atoms with Gasteiger partial charge in [0.05, 0.1) is 11.7 Å². The average molecular weight is 288 g/mol. The molecule has 2 fully saturated rings. The number of carbonyl (C=O) groups is 1. The van der Waals surface area contributed by atoms with Crippen LogP contribution in [0, 0.1) is 10.8 Å². The molecule has 19 heavy (non-hydrogen) atoms. The second kappa shape index (κ2) is 4.74. The Morgan fingerprint density at radius 1 is 1.37 bits per heavy atom. The molecular weight excluding hydrogens is 264 g/mol. The van der Waals surface area contributed by atoms with Crippen LogP contribution >= 0.6 is 0 Å². The van der Waals surface area contributed by atoms with Crippen molar-refractivity contribution in [2.75, 3.05) is 12.8 Å². The van der Waals surface area contributed by atoms with Crippen molar-refractivity contribution in [3.63, 3.8) is 0 Å². The standard InChI is InChI=1S/C13H24N2O3S/c1-4-12(2)9-14-11(16)13(12)7-5-10(6-8-13)15-19(3,17)18/h10,15H,4-9H2,1-3H3,(H,14,16). The van der Waals surface area contributed by atoms with E-state index in [2.05, 4.69) is 23.9 Å². The Morgan fingerprint density at radius 2 is 1.95 bits per heavy atom. The van der Waals surface area contributed by atoms with Crippen LogP contribution in [0.3, 0.4) is 0 Å². The quantitative estimate of drug-likeness (QED) is 0.814. The lowest BCUT2D eigenvalue weighted by Gasteiger charge is -2.45.